The fraction of sp³-hybridized carbons (Fsp3) is 0.450. The van der Waals surface area contributed by atoms with Crippen molar-refractivity contribution in [2.75, 3.05) is 18.1 Å². The minimum atomic E-state index is -3.07. The van der Waals surface area contributed by atoms with E-state index in [0.29, 0.717) is 30.9 Å². The van der Waals surface area contributed by atoms with Crippen LogP contribution >= 0.6 is 11.3 Å². The van der Waals surface area contributed by atoms with Gasteiger partial charge in [-0.1, -0.05) is 25.5 Å². The Morgan fingerprint density at radius 3 is 2.81 bits per heavy atom. The summed E-state index contributed by atoms with van der Waals surface area (Å²) in [7, 11) is -3.07. The number of carbonyl (C=O) groups excluding carboxylic acids is 1. The molecule has 0 radical (unpaired) electrons. The van der Waals surface area contributed by atoms with Gasteiger partial charge in [0.1, 0.15) is 5.75 Å². The molecule has 1 fully saturated rings. The number of hydrogen-bond acceptors (Lipinski definition) is 5. The summed E-state index contributed by atoms with van der Waals surface area (Å²) in [5.74, 6) is 0.707. The highest BCUT2D eigenvalue weighted by Gasteiger charge is 2.35. The van der Waals surface area contributed by atoms with Gasteiger partial charge in [-0.25, -0.2) is 8.42 Å². The van der Waals surface area contributed by atoms with Crippen LogP contribution in [0.3, 0.4) is 0 Å². The first kappa shape index (κ1) is 19.9. The van der Waals surface area contributed by atoms with E-state index in [2.05, 4.69) is 6.92 Å². The molecule has 146 valence electrons. The largest absolute Gasteiger partial charge is 0.494 e. The summed E-state index contributed by atoms with van der Waals surface area (Å²) >= 11 is 1.57. The third-order valence-corrected chi connectivity index (χ3v) is 7.28. The van der Waals surface area contributed by atoms with Gasteiger partial charge in [-0.2, -0.15) is 0 Å². The van der Waals surface area contributed by atoms with Crippen LogP contribution in [0.25, 0.3) is 0 Å². The highest BCUT2D eigenvalue weighted by molar-refractivity contribution is 7.91. The van der Waals surface area contributed by atoms with E-state index in [0.717, 1.165) is 17.7 Å². The molecule has 0 aliphatic carbocycles. The average Bonchev–Trinajstić information content (AvgIpc) is 3.29. The number of hydrogen-bond donors (Lipinski definition) is 0. The Balaban J connectivity index is 1.81. The zero-order valence-corrected chi connectivity index (χ0v) is 17.1. The number of ether oxygens (including phenoxy) is 1. The van der Waals surface area contributed by atoms with E-state index in [9.17, 15) is 13.2 Å². The molecule has 1 aromatic heterocycles. The Morgan fingerprint density at radius 1 is 1.30 bits per heavy atom. The topological polar surface area (TPSA) is 63.7 Å². The van der Waals surface area contributed by atoms with Gasteiger partial charge in [-0.15, -0.1) is 11.3 Å². The monoisotopic (exact) mass is 407 g/mol. The molecular formula is C20H25NO4S2. The van der Waals surface area contributed by atoms with E-state index in [1.165, 1.54) is 0 Å². The summed E-state index contributed by atoms with van der Waals surface area (Å²) in [5, 5.41) is 1.96. The summed E-state index contributed by atoms with van der Waals surface area (Å²) in [6, 6.07) is 10.8. The van der Waals surface area contributed by atoms with Gasteiger partial charge in [0.2, 0.25) is 0 Å². The number of amides is 1. The number of nitrogens with zero attached hydrogens (tertiary/aromatic N) is 1. The Labute approximate surface area is 164 Å². The second-order valence-corrected chi connectivity index (χ2v) is 10.1. The highest BCUT2D eigenvalue weighted by Crippen LogP contribution is 2.25. The molecule has 2 heterocycles. The first-order valence-corrected chi connectivity index (χ1v) is 12.0. The molecule has 0 spiro atoms. The van der Waals surface area contributed by atoms with Crippen molar-refractivity contribution in [2.45, 2.75) is 38.8 Å². The average molecular weight is 408 g/mol. The zero-order chi connectivity index (χ0) is 19.3. The molecule has 1 saturated heterocycles. The van der Waals surface area contributed by atoms with Gasteiger partial charge in [0.25, 0.3) is 5.91 Å². The van der Waals surface area contributed by atoms with E-state index in [-0.39, 0.29) is 23.5 Å². The number of carbonyl (C=O) groups is 1. The van der Waals surface area contributed by atoms with Crippen molar-refractivity contribution in [1.29, 1.82) is 0 Å². The number of rotatable bonds is 8. The van der Waals surface area contributed by atoms with Crippen LogP contribution in [-0.4, -0.2) is 43.4 Å². The van der Waals surface area contributed by atoms with Gasteiger partial charge < -0.3 is 9.64 Å². The quantitative estimate of drug-likeness (QED) is 0.625. The van der Waals surface area contributed by atoms with Crippen LogP contribution in [0.1, 0.15) is 41.4 Å². The molecule has 0 unspecified atom stereocenters. The van der Waals surface area contributed by atoms with Crippen LogP contribution in [0.15, 0.2) is 41.8 Å². The Bertz CT molecular complexity index is 862. The van der Waals surface area contributed by atoms with Gasteiger partial charge in [0.15, 0.2) is 9.84 Å². The summed E-state index contributed by atoms with van der Waals surface area (Å²) in [6.45, 7) is 3.15. The predicted molar refractivity (Wildman–Crippen MR) is 108 cm³/mol. The van der Waals surface area contributed by atoms with E-state index >= 15 is 0 Å². The van der Waals surface area contributed by atoms with Crippen molar-refractivity contribution in [1.82, 2.24) is 4.90 Å². The van der Waals surface area contributed by atoms with Crippen molar-refractivity contribution in [3.05, 3.63) is 52.2 Å². The molecule has 3 rings (SSSR count). The molecule has 5 nitrogen and oxygen atoms in total. The Morgan fingerprint density at radius 2 is 2.15 bits per heavy atom. The zero-order valence-electron chi connectivity index (χ0n) is 15.5. The minimum absolute atomic E-state index is 0.0385. The van der Waals surface area contributed by atoms with Crippen LogP contribution in [0.5, 0.6) is 5.75 Å². The van der Waals surface area contributed by atoms with Crippen LogP contribution in [0.4, 0.5) is 0 Å². The maximum absolute atomic E-state index is 13.2. The number of thiophene rings is 1. The number of benzene rings is 1. The van der Waals surface area contributed by atoms with Gasteiger partial charge in [-0.3, -0.25) is 4.79 Å². The lowest BCUT2D eigenvalue weighted by Gasteiger charge is -2.28. The molecule has 0 bridgehead atoms. The molecule has 1 aliphatic heterocycles. The predicted octanol–water partition coefficient (Wildman–Crippen LogP) is 3.76. The van der Waals surface area contributed by atoms with Gasteiger partial charge in [-0.05, 0) is 42.5 Å². The van der Waals surface area contributed by atoms with Crippen molar-refractivity contribution >= 4 is 27.1 Å². The first-order chi connectivity index (χ1) is 13.0. The summed E-state index contributed by atoms with van der Waals surface area (Å²) in [5.41, 5.74) is 0.532. The van der Waals surface area contributed by atoms with E-state index in [1.54, 1.807) is 28.4 Å². The van der Waals surface area contributed by atoms with Crippen molar-refractivity contribution < 1.29 is 17.9 Å². The van der Waals surface area contributed by atoms with Gasteiger partial charge in [0, 0.05) is 16.5 Å². The summed E-state index contributed by atoms with van der Waals surface area (Å²) in [4.78, 5) is 16.0. The van der Waals surface area contributed by atoms with Gasteiger partial charge in [0.05, 0.1) is 24.7 Å². The molecule has 1 aliphatic rings. The molecule has 27 heavy (non-hydrogen) atoms. The number of sulfone groups is 1. The first-order valence-electron chi connectivity index (χ1n) is 9.25. The molecule has 1 aromatic carbocycles. The normalized spacial score (nSPS) is 18.3. The molecule has 1 amide bonds. The smallest absolute Gasteiger partial charge is 0.254 e. The highest BCUT2D eigenvalue weighted by atomic mass is 32.2. The van der Waals surface area contributed by atoms with Crippen LogP contribution in [-0.2, 0) is 16.4 Å². The molecule has 0 saturated carbocycles. The third kappa shape index (κ3) is 5.32. The molecule has 1 atom stereocenters. The SMILES string of the molecule is CCCCOc1cccc(C(=O)N(Cc2cccs2)[C@H]2CCS(=O)(=O)C2)c1. The van der Waals surface area contributed by atoms with Crippen molar-refractivity contribution in [3.8, 4) is 5.75 Å². The second kappa shape index (κ2) is 8.89. The van der Waals surface area contributed by atoms with Crippen molar-refractivity contribution in [3.63, 3.8) is 0 Å². The molecular weight excluding hydrogens is 382 g/mol. The fourth-order valence-electron chi connectivity index (χ4n) is 3.18. The maximum Gasteiger partial charge on any atom is 0.254 e. The second-order valence-electron chi connectivity index (χ2n) is 6.80. The summed E-state index contributed by atoms with van der Waals surface area (Å²) < 4.78 is 29.6. The van der Waals surface area contributed by atoms with E-state index in [4.69, 9.17) is 4.74 Å². The Hall–Kier alpha value is -1.86. The minimum Gasteiger partial charge on any atom is -0.494 e. The van der Waals surface area contributed by atoms with Crippen LogP contribution in [0.2, 0.25) is 0 Å². The fourth-order valence-corrected chi connectivity index (χ4v) is 5.61. The van der Waals surface area contributed by atoms with Crippen LogP contribution in [0, 0.1) is 0 Å². The molecule has 7 heteroatoms. The van der Waals surface area contributed by atoms with Crippen LogP contribution < -0.4 is 4.74 Å². The number of unbranched alkanes of at least 4 members (excludes halogenated alkanes) is 1. The third-order valence-electron chi connectivity index (χ3n) is 4.66. The standard InChI is InChI=1S/C20H25NO4S2/c1-2-3-10-25-18-7-4-6-16(13-18)20(22)21(14-19-8-5-11-26-19)17-9-12-27(23,24)15-17/h4-8,11,13,17H,2-3,9-10,12,14-15H2,1H3/t17-/m0/s1. The molecule has 2 aromatic rings. The van der Waals surface area contributed by atoms with E-state index < -0.39 is 9.84 Å². The van der Waals surface area contributed by atoms with E-state index in [1.807, 2.05) is 29.6 Å². The van der Waals surface area contributed by atoms with Gasteiger partial charge >= 0.3 is 0 Å². The lowest BCUT2D eigenvalue weighted by atomic mass is 10.1. The lowest BCUT2D eigenvalue weighted by molar-refractivity contribution is 0.0682. The molecule has 0 N–H and O–H groups in total. The lowest BCUT2D eigenvalue weighted by Crippen LogP contribution is -2.40. The van der Waals surface area contributed by atoms with Crippen molar-refractivity contribution in [2.24, 2.45) is 0 Å². The Kier molecular flexibility index (Phi) is 6.55. The summed E-state index contributed by atoms with van der Waals surface area (Å²) in [6.07, 6.45) is 2.50. The maximum atomic E-state index is 13.2.